The number of unbranched alkanes of at least 4 members (excludes halogenated alkanes) is 8. The van der Waals surface area contributed by atoms with Crippen molar-refractivity contribution in [2.45, 2.75) is 84.5 Å². The molecule has 0 bridgehead atoms. The summed E-state index contributed by atoms with van der Waals surface area (Å²) in [7, 11) is 0. The first-order valence-corrected chi connectivity index (χ1v) is 8.42. The summed E-state index contributed by atoms with van der Waals surface area (Å²) in [5.74, 6) is 0.975. The van der Waals surface area contributed by atoms with Crippen LogP contribution < -0.4 is 0 Å². The lowest BCUT2D eigenvalue weighted by molar-refractivity contribution is 0.227. The Balaban J connectivity index is 3.03. The fraction of sp³-hybridized carbons (Fsp3) is 1.00. The zero-order valence-corrected chi connectivity index (χ0v) is 13.2. The van der Waals surface area contributed by atoms with Gasteiger partial charge in [0.05, 0.1) is 0 Å². The number of rotatable bonds is 14. The van der Waals surface area contributed by atoms with Crippen LogP contribution in [0.25, 0.3) is 0 Å². The molecule has 0 radical (unpaired) electrons. The third kappa shape index (κ3) is 14.1. The van der Waals surface area contributed by atoms with Crippen molar-refractivity contribution < 1.29 is 10.2 Å². The van der Waals surface area contributed by atoms with Gasteiger partial charge in [-0.25, -0.2) is 0 Å². The van der Waals surface area contributed by atoms with Gasteiger partial charge in [-0.15, -0.1) is 0 Å². The molecular weight excluding hydrogens is 236 g/mol. The first-order chi connectivity index (χ1) is 9.20. The van der Waals surface area contributed by atoms with E-state index in [1.807, 2.05) is 0 Å². The van der Waals surface area contributed by atoms with Gasteiger partial charge in [0.2, 0.25) is 0 Å². The minimum atomic E-state index is 0.342. The van der Waals surface area contributed by atoms with Crippen LogP contribution in [0.2, 0.25) is 0 Å². The maximum Gasteiger partial charge on any atom is 0.0456 e. The molecule has 2 unspecified atom stereocenters. The lowest BCUT2D eigenvalue weighted by atomic mass is 10.0. The molecule has 19 heavy (non-hydrogen) atoms. The van der Waals surface area contributed by atoms with Gasteiger partial charge in [0, 0.05) is 13.2 Å². The van der Waals surface area contributed by atoms with Crippen LogP contribution in [0.4, 0.5) is 0 Å². The zero-order valence-electron chi connectivity index (χ0n) is 13.2. The predicted octanol–water partition coefficient (Wildman–Crippen LogP) is 4.53. The van der Waals surface area contributed by atoms with Crippen molar-refractivity contribution in [3.05, 3.63) is 0 Å². The molecule has 0 aromatic carbocycles. The van der Waals surface area contributed by atoms with E-state index in [4.69, 9.17) is 10.2 Å². The molecule has 0 heterocycles. The van der Waals surface area contributed by atoms with E-state index in [9.17, 15) is 0 Å². The van der Waals surface area contributed by atoms with Gasteiger partial charge in [-0.1, -0.05) is 71.6 Å². The predicted molar refractivity (Wildman–Crippen MR) is 83.3 cm³/mol. The van der Waals surface area contributed by atoms with E-state index in [1.54, 1.807) is 0 Å². The van der Waals surface area contributed by atoms with Gasteiger partial charge in [0.25, 0.3) is 0 Å². The summed E-state index contributed by atoms with van der Waals surface area (Å²) in [5, 5.41) is 17.8. The van der Waals surface area contributed by atoms with Crippen LogP contribution in [0, 0.1) is 11.8 Å². The molecule has 0 spiro atoms. The van der Waals surface area contributed by atoms with Gasteiger partial charge in [0.15, 0.2) is 0 Å². The van der Waals surface area contributed by atoms with Crippen LogP contribution in [0.3, 0.4) is 0 Å². The van der Waals surface area contributed by atoms with E-state index >= 15 is 0 Å². The lowest BCUT2D eigenvalue weighted by Crippen LogP contribution is -1.99. The van der Waals surface area contributed by atoms with Crippen LogP contribution in [-0.4, -0.2) is 23.4 Å². The smallest absolute Gasteiger partial charge is 0.0456 e. The van der Waals surface area contributed by atoms with Gasteiger partial charge in [0.1, 0.15) is 0 Å². The molecule has 2 atom stereocenters. The maximum absolute atomic E-state index is 8.91. The fourth-order valence-electron chi connectivity index (χ4n) is 2.41. The second kappa shape index (κ2) is 14.3. The molecular formula is C17H36O2. The van der Waals surface area contributed by atoms with Crippen LogP contribution >= 0.6 is 0 Å². The van der Waals surface area contributed by atoms with Crippen molar-refractivity contribution in [2.75, 3.05) is 13.2 Å². The molecule has 2 heteroatoms. The van der Waals surface area contributed by atoms with E-state index in [-0.39, 0.29) is 0 Å². The van der Waals surface area contributed by atoms with Crippen molar-refractivity contribution in [1.29, 1.82) is 0 Å². The number of aliphatic hydroxyl groups excluding tert-OH is 2. The lowest BCUT2D eigenvalue weighted by Gasteiger charge is -2.07. The first kappa shape index (κ1) is 18.9. The van der Waals surface area contributed by atoms with Crippen molar-refractivity contribution in [1.82, 2.24) is 0 Å². The summed E-state index contributed by atoms with van der Waals surface area (Å²) in [4.78, 5) is 0. The maximum atomic E-state index is 8.91. The van der Waals surface area contributed by atoms with Gasteiger partial charge in [-0.2, -0.15) is 0 Å². The van der Waals surface area contributed by atoms with Crippen LogP contribution in [0.5, 0.6) is 0 Å². The molecule has 0 fully saturated rings. The third-order valence-corrected chi connectivity index (χ3v) is 4.02. The Morgan fingerprint density at radius 3 is 1.05 bits per heavy atom. The highest BCUT2D eigenvalue weighted by Gasteiger charge is 2.00. The van der Waals surface area contributed by atoms with Gasteiger partial charge < -0.3 is 10.2 Å². The second-order valence-electron chi connectivity index (χ2n) is 6.33. The number of hydrogen-bond donors (Lipinski definition) is 2. The highest BCUT2D eigenvalue weighted by molar-refractivity contribution is 4.53. The minimum absolute atomic E-state index is 0.342. The standard InChI is InChI=1S/C17H36O2/c1-16(14-18)12-10-8-6-4-3-5-7-9-11-13-17(2)15-19/h16-19H,3-15H2,1-2H3. The van der Waals surface area contributed by atoms with Crippen LogP contribution in [-0.2, 0) is 0 Å². The molecule has 0 amide bonds. The summed E-state index contributed by atoms with van der Waals surface area (Å²) < 4.78 is 0. The van der Waals surface area contributed by atoms with E-state index in [0.29, 0.717) is 25.0 Å². The van der Waals surface area contributed by atoms with E-state index < -0.39 is 0 Å². The third-order valence-electron chi connectivity index (χ3n) is 4.02. The summed E-state index contributed by atoms with van der Waals surface area (Å²) in [6.07, 6.45) is 14.4. The molecule has 0 rings (SSSR count). The zero-order chi connectivity index (χ0) is 14.3. The summed E-state index contributed by atoms with van der Waals surface area (Å²) in [5.41, 5.74) is 0. The quantitative estimate of drug-likeness (QED) is 0.456. The normalized spacial score (nSPS) is 14.5. The molecule has 0 aromatic heterocycles. The monoisotopic (exact) mass is 272 g/mol. The topological polar surface area (TPSA) is 40.5 Å². The molecule has 0 aromatic rings. The fourth-order valence-corrected chi connectivity index (χ4v) is 2.41. The van der Waals surface area contributed by atoms with Gasteiger partial charge >= 0.3 is 0 Å². The molecule has 2 N–H and O–H groups in total. The van der Waals surface area contributed by atoms with E-state index in [2.05, 4.69) is 13.8 Å². The second-order valence-corrected chi connectivity index (χ2v) is 6.33. The molecule has 116 valence electrons. The average molecular weight is 272 g/mol. The number of hydrogen-bond acceptors (Lipinski definition) is 2. The van der Waals surface area contributed by atoms with Crippen LogP contribution in [0.1, 0.15) is 84.5 Å². The summed E-state index contributed by atoms with van der Waals surface area (Å²) >= 11 is 0. The SMILES string of the molecule is CC(CO)CCCCCCCCCCCC(C)CO. The average Bonchev–Trinajstić information content (AvgIpc) is 2.43. The minimum Gasteiger partial charge on any atom is -0.396 e. The molecule has 0 aliphatic rings. The van der Waals surface area contributed by atoms with Crippen molar-refractivity contribution in [3.8, 4) is 0 Å². The summed E-state index contributed by atoms with van der Waals surface area (Å²) in [6.45, 7) is 4.93. The van der Waals surface area contributed by atoms with Crippen molar-refractivity contribution in [3.63, 3.8) is 0 Å². The van der Waals surface area contributed by atoms with Crippen molar-refractivity contribution in [2.24, 2.45) is 11.8 Å². The first-order valence-electron chi connectivity index (χ1n) is 8.42. The Hall–Kier alpha value is -0.0800. The molecule has 0 aliphatic carbocycles. The Kier molecular flexibility index (Phi) is 14.3. The van der Waals surface area contributed by atoms with Crippen LogP contribution in [0.15, 0.2) is 0 Å². The Bertz CT molecular complexity index is 153. The molecule has 2 nitrogen and oxygen atoms in total. The number of aliphatic hydroxyl groups is 2. The summed E-state index contributed by atoms with van der Waals surface area (Å²) in [6, 6.07) is 0. The Morgan fingerprint density at radius 2 is 0.789 bits per heavy atom. The van der Waals surface area contributed by atoms with Gasteiger partial charge in [-0.05, 0) is 24.7 Å². The van der Waals surface area contributed by atoms with Gasteiger partial charge in [-0.3, -0.25) is 0 Å². The molecule has 0 saturated heterocycles. The van der Waals surface area contributed by atoms with Crippen molar-refractivity contribution >= 4 is 0 Å². The largest absolute Gasteiger partial charge is 0.396 e. The van der Waals surface area contributed by atoms with E-state index in [1.165, 1.54) is 70.6 Å². The van der Waals surface area contributed by atoms with E-state index in [0.717, 1.165) is 0 Å². The molecule has 0 aliphatic heterocycles. The molecule has 0 saturated carbocycles. The highest BCUT2D eigenvalue weighted by atomic mass is 16.3. The Labute approximate surface area is 120 Å². The Morgan fingerprint density at radius 1 is 0.526 bits per heavy atom. The highest BCUT2D eigenvalue weighted by Crippen LogP contribution is 2.14.